The molecule has 0 aliphatic rings. The quantitative estimate of drug-likeness (QED) is 0.427. The Morgan fingerprint density at radius 1 is 1.17 bits per heavy atom. The maximum Gasteiger partial charge on any atom is 0.236 e. The topological polar surface area (TPSA) is 80.7 Å². The fraction of sp³-hybridized carbons (Fsp3) is 0.105. The molecule has 0 fully saturated rings. The van der Waals surface area contributed by atoms with E-state index in [0.29, 0.717) is 15.9 Å². The molecule has 0 atom stereocenters. The van der Waals surface area contributed by atoms with Crippen LogP contribution < -0.4 is 5.32 Å². The van der Waals surface area contributed by atoms with Crippen molar-refractivity contribution in [2.24, 2.45) is 0 Å². The lowest BCUT2D eigenvalue weighted by Gasteiger charge is -2.02. The van der Waals surface area contributed by atoms with Crippen molar-refractivity contribution in [1.29, 1.82) is 0 Å². The molecule has 6 nitrogen and oxygen atoms in total. The number of rotatable bonds is 6. The minimum atomic E-state index is -0.276. The number of nitrogens with zero attached hydrogens (tertiary/aromatic N) is 4. The van der Waals surface area contributed by atoms with Gasteiger partial charge in [0.05, 0.1) is 16.3 Å². The van der Waals surface area contributed by atoms with Crippen LogP contribution in [0.1, 0.15) is 5.69 Å². The Kier molecular flexibility index (Phi) is 5.93. The van der Waals surface area contributed by atoms with Crippen LogP contribution in [0, 0.1) is 12.7 Å². The van der Waals surface area contributed by atoms with Gasteiger partial charge >= 0.3 is 0 Å². The first-order valence-corrected chi connectivity index (χ1v) is 11.2. The smallest absolute Gasteiger partial charge is 0.236 e. The van der Waals surface area contributed by atoms with Crippen LogP contribution in [-0.4, -0.2) is 31.8 Å². The number of aryl methyl sites for hydroxylation is 1. The van der Waals surface area contributed by atoms with Crippen molar-refractivity contribution in [2.45, 2.75) is 11.9 Å². The number of benzene rings is 1. The lowest BCUT2D eigenvalue weighted by atomic mass is 10.2. The van der Waals surface area contributed by atoms with E-state index in [9.17, 15) is 9.18 Å². The number of amides is 1. The van der Waals surface area contributed by atoms with Gasteiger partial charge in [-0.05, 0) is 43.3 Å². The molecule has 10 heteroatoms. The lowest BCUT2D eigenvalue weighted by Crippen LogP contribution is -2.13. The maximum atomic E-state index is 13.1. The number of carbonyl (C=O) groups excluding carboxylic acids is 1. The summed E-state index contributed by atoms with van der Waals surface area (Å²) in [5.74, 6) is -0.193. The molecule has 0 spiro atoms. The Morgan fingerprint density at radius 3 is 2.69 bits per heavy atom. The Bertz CT molecular complexity index is 1110. The minimum Gasteiger partial charge on any atom is -0.301 e. The van der Waals surface area contributed by atoms with Crippen LogP contribution in [0.5, 0.6) is 0 Å². The summed E-state index contributed by atoms with van der Waals surface area (Å²) in [7, 11) is 0. The molecule has 3 heterocycles. The molecule has 29 heavy (non-hydrogen) atoms. The summed E-state index contributed by atoms with van der Waals surface area (Å²) in [6, 6.07) is 9.95. The number of thiazole rings is 2. The first-order valence-electron chi connectivity index (χ1n) is 8.48. The molecular formula is C19H14FN5OS3. The summed E-state index contributed by atoms with van der Waals surface area (Å²) >= 11 is 4.16. The largest absolute Gasteiger partial charge is 0.301 e. The molecule has 1 amide bonds. The zero-order valence-electron chi connectivity index (χ0n) is 15.1. The van der Waals surface area contributed by atoms with Crippen LogP contribution in [0.25, 0.3) is 21.1 Å². The van der Waals surface area contributed by atoms with Gasteiger partial charge in [0.1, 0.15) is 21.5 Å². The van der Waals surface area contributed by atoms with E-state index in [4.69, 9.17) is 0 Å². The van der Waals surface area contributed by atoms with Crippen LogP contribution in [-0.2, 0) is 4.79 Å². The minimum absolute atomic E-state index is 0.141. The highest BCUT2D eigenvalue weighted by atomic mass is 32.2. The van der Waals surface area contributed by atoms with Gasteiger partial charge in [0.2, 0.25) is 5.91 Å². The monoisotopic (exact) mass is 443 g/mol. The maximum absolute atomic E-state index is 13.1. The van der Waals surface area contributed by atoms with Gasteiger partial charge in [-0.15, -0.1) is 32.9 Å². The van der Waals surface area contributed by atoms with E-state index in [1.807, 2.05) is 19.1 Å². The van der Waals surface area contributed by atoms with E-state index in [1.54, 1.807) is 23.7 Å². The second kappa shape index (κ2) is 8.76. The second-order valence-corrected chi connectivity index (χ2v) is 8.76. The van der Waals surface area contributed by atoms with Gasteiger partial charge < -0.3 is 5.32 Å². The molecule has 0 saturated carbocycles. The molecule has 146 valence electrons. The van der Waals surface area contributed by atoms with Crippen LogP contribution >= 0.6 is 34.4 Å². The van der Waals surface area contributed by atoms with Gasteiger partial charge in [0, 0.05) is 17.1 Å². The van der Waals surface area contributed by atoms with Crippen molar-refractivity contribution in [3.63, 3.8) is 0 Å². The van der Waals surface area contributed by atoms with Crippen LogP contribution in [0.3, 0.4) is 0 Å². The molecular weight excluding hydrogens is 429 g/mol. The van der Waals surface area contributed by atoms with Gasteiger partial charge in [-0.2, -0.15) is 0 Å². The third kappa shape index (κ3) is 4.84. The Balaban J connectivity index is 1.42. The molecule has 0 bridgehead atoms. The molecule has 0 aliphatic heterocycles. The summed E-state index contributed by atoms with van der Waals surface area (Å²) < 4.78 is 13.1. The molecule has 4 rings (SSSR count). The van der Waals surface area contributed by atoms with Crippen LogP contribution in [0.15, 0.2) is 53.0 Å². The van der Waals surface area contributed by atoms with Crippen LogP contribution in [0.2, 0.25) is 0 Å². The molecule has 4 aromatic rings. The van der Waals surface area contributed by atoms with E-state index >= 15 is 0 Å². The normalized spacial score (nSPS) is 10.8. The van der Waals surface area contributed by atoms with Crippen LogP contribution in [0.4, 0.5) is 9.52 Å². The Labute approximate surface area is 178 Å². The molecule has 1 N–H and O–H groups in total. The van der Waals surface area contributed by atoms with E-state index in [2.05, 4.69) is 25.5 Å². The molecule has 0 unspecified atom stereocenters. The van der Waals surface area contributed by atoms with Crippen molar-refractivity contribution in [3.05, 3.63) is 59.5 Å². The third-order valence-corrected chi connectivity index (χ3v) is 6.63. The van der Waals surface area contributed by atoms with E-state index in [-0.39, 0.29) is 17.5 Å². The molecule has 0 saturated heterocycles. The van der Waals surface area contributed by atoms with Gasteiger partial charge in [-0.1, -0.05) is 11.8 Å². The number of halogens is 1. The summed E-state index contributed by atoms with van der Waals surface area (Å²) in [6.07, 6.45) is 1.64. The van der Waals surface area contributed by atoms with E-state index in [1.165, 1.54) is 46.6 Å². The summed E-state index contributed by atoms with van der Waals surface area (Å²) in [4.78, 5) is 21.4. The highest BCUT2D eigenvalue weighted by molar-refractivity contribution is 7.99. The zero-order chi connectivity index (χ0) is 20.2. The average Bonchev–Trinajstić information content (AvgIpc) is 3.37. The number of carbonyl (C=O) groups is 1. The lowest BCUT2D eigenvalue weighted by molar-refractivity contribution is -0.113. The number of anilines is 1. The van der Waals surface area contributed by atoms with Gasteiger partial charge in [-0.3, -0.25) is 4.79 Å². The van der Waals surface area contributed by atoms with Crippen molar-refractivity contribution >= 4 is 45.5 Å². The van der Waals surface area contributed by atoms with Gasteiger partial charge in [0.15, 0.2) is 5.13 Å². The van der Waals surface area contributed by atoms with E-state index < -0.39 is 0 Å². The highest BCUT2D eigenvalue weighted by Crippen LogP contribution is 2.34. The SMILES string of the molecule is Cc1nc(-c2ccc(F)cc2)sc1-c1ccc(SCC(=O)Nc2nccs2)nn1. The zero-order valence-corrected chi connectivity index (χ0v) is 17.6. The predicted octanol–water partition coefficient (Wildman–Crippen LogP) is 4.90. The first-order chi connectivity index (χ1) is 14.1. The van der Waals surface area contributed by atoms with E-state index in [0.717, 1.165) is 21.1 Å². The fourth-order valence-electron chi connectivity index (χ4n) is 2.45. The van der Waals surface area contributed by atoms with Crippen molar-refractivity contribution in [2.75, 3.05) is 11.1 Å². The molecule has 0 radical (unpaired) electrons. The number of aromatic nitrogens is 4. The number of thioether (sulfide) groups is 1. The first kappa shape index (κ1) is 19.6. The summed E-state index contributed by atoms with van der Waals surface area (Å²) in [5.41, 5.74) is 2.41. The van der Waals surface area contributed by atoms with Gasteiger partial charge in [-0.25, -0.2) is 14.4 Å². The van der Waals surface area contributed by atoms with Crippen molar-refractivity contribution in [3.8, 4) is 21.1 Å². The summed E-state index contributed by atoms with van der Waals surface area (Å²) in [6.45, 7) is 1.91. The Hall–Kier alpha value is -2.69. The molecule has 3 aromatic heterocycles. The number of hydrogen-bond donors (Lipinski definition) is 1. The van der Waals surface area contributed by atoms with Crippen molar-refractivity contribution in [1.82, 2.24) is 20.2 Å². The molecule has 0 aliphatic carbocycles. The molecule has 1 aromatic carbocycles. The Morgan fingerprint density at radius 2 is 2.00 bits per heavy atom. The van der Waals surface area contributed by atoms with Crippen molar-refractivity contribution < 1.29 is 9.18 Å². The predicted molar refractivity (Wildman–Crippen MR) is 115 cm³/mol. The second-order valence-electron chi connectivity index (χ2n) is 5.87. The average molecular weight is 444 g/mol. The standard InChI is InChI=1S/C19H14FN5OS3/c1-11-17(29-18(22-11)12-2-4-13(20)5-3-12)14-6-7-16(25-24-14)28-10-15(26)23-19-21-8-9-27-19/h2-9H,10H2,1H3,(H,21,23,26). The highest BCUT2D eigenvalue weighted by Gasteiger charge is 2.14. The number of hydrogen-bond acceptors (Lipinski definition) is 8. The third-order valence-electron chi connectivity index (χ3n) is 3.79. The van der Waals surface area contributed by atoms with Gasteiger partial charge in [0.25, 0.3) is 0 Å². The fourth-order valence-corrected chi connectivity index (χ4v) is 4.64. The number of nitrogens with one attached hydrogen (secondary N) is 1. The summed E-state index contributed by atoms with van der Waals surface area (Å²) in [5, 5.41) is 15.1.